The number of furan rings is 1. The van der Waals surface area contributed by atoms with Crippen LogP contribution in [0.1, 0.15) is 24.2 Å². The second-order valence-electron chi connectivity index (χ2n) is 4.56. The van der Waals surface area contributed by atoms with Gasteiger partial charge in [-0.25, -0.2) is 0 Å². The van der Waals surface area contributed by atoms with E-state index in [-0.39, 0.29) is 0 Å². The fraction of sp³-hybridized carbons (Fsp3) is 0.538. The quantitative estimate of drug-likeness (QED) is 0.714. The first-order chi connectivity index (χ1) is 7.78. The Morgan fingerprint density at radius 3 is 3.12 bits per heavy atom. The highest BCUT2D eigenvalue weighted by molar-refractivity contribution is 5.13. The molecule has 1 saturated carbocycles. The summed E-state index contributed by atoms with van der Waals surface area (Å²) >= 11 is 0. The van der Waals surface area contributed by atoms with Gasteiger partial charge in [-0.05, 0) is 26.0 Å². The Kier molecular flexibility index (Phi) is 3.80. The average Bonchev–Trinajstić information content (AvgIpc) is 2.98. The number of likely N-dealkylation sites (N-methyl/N-ethyl adjacent to an activating group) is 1. The van der Waals surface area contributed by atoms with E-state index >= 15 is 0 Å². The van der Waals surface area contributed by atoms with Gasteiger partial charge in [0.25, 0.3) is 0 Å². The standard InChI is InChI=1S/C13H20N2O/c1-3-6-15(2)9-13-7-11(10-16-13)8-14-12-4-5-12/h3,7,10,12,14H,1,4-6,8-9H2,2H3. The maximum absolute atomic E-state index is 5.52. The van der Waals surface area contributed by atoms with Crippen molar-refractivity contribution in [2.24, 2.45) is 0 Å². The molecule has 2 rings (SSSR count). The molecule has 0 saturated heterocycles. The summed E-state index contributed by atoms with van der Waals surface area (Å²) in [6, 6.07) is 2.89. The molecule has 16 heavy (non-hydrogen) atoms. The van der Waals surface area contributed by atoms with Crippen LogP contribution in [0.25, 0.3) is 0 Å². The molecule has 0 atom stereocenters. The van der Waals surface area contributed by atoms with Crippen molar-refractivity contribution in [2.75, 3.05) is 13.6 Å². The van der Waals surface area contributed by atoms with Crippen LogP contribution in [0.4, 0.5) is 0 Å². The van der Waals surface area contributed by atoms with Crippen LogP contribution in [0.2, 0.25) is 0 Å². The summed E-state index contributed by atoms with van der Waals surface area (Å²) in [6.45, 7) is 6.38. The molecule has 0 radical (unpaired) electrons. The van der Waals surface area contributed by atoms with Crippen LogP contribution in [0.3, 0.4) is 0 Å². The Hall–Kier alpha value is -1.06. The van der Waals surface area contributed by atoms with E-state index in [0.717, 1.165) is 31.4 Å². The van der Waals surface area contributed by atoms with Gasteiger partial charge in [0, 0.05) is 24.7 Å². The molecule has 1 heterocycles. The Morgan fingerprint density at radius 2 is 2.44 bits per heavy atom. The zero-order valence-corrected chi connectivity index (χ0v) is 9.91. The van der Waals surface area contributed by atoms with Crippen molar-refractivity contribution in [1.29, 1.82) is 0 Å². The molecule has 1 aliphatic carbocycles. The van der Waals surface area contributed by atoms with Gasteiger partial charge in [-0.15, -0.1) is 6.58 Å². The Balaban J connectivity index is 1.78. The molecule has 1 N–H and O–H groups in total. The third-order valence-electron chi connectivity index (χ3n) is 2.75. The van der Waals surface area contributed by atoms with Crippen LogP contribution in [0.5, 0.6) is 0 Å². The monoisotopic (exact) mass is 220 g/mol. The van der Waals surface area contributed by atoms with E-state index in [9.17, 15) is 0 Å². The van der Waals surface area contributed by atoms with Crippen molar-refractivity contribution < 1.29 is 4.42 Å². The van der Waals surface area contributed by atoms with E-state index in [0.29, 0.717) is 0 Å². The highest BCUT2D eigenvalue weighted by Gasteiger charge is 2.20. The average molecular weight is 220 g/mol. The first kappa shape index (κ1) is 11.4. The van der Waals surface area contributed by atoms with Crippen molar-refractivity contribution >= 4 is 0 Å². The van der Waals surface area contributed by atoms with Crippen LogP contribution >= 0.6 is 0 Å². The van der Waals surface area contributed by atoms with E-state index < -0.39 is 0 Å². The molecule has 0 aliphatic heterocycles. The highest BCUT2D eigenvalue weighted by Crippen LogP contribution is 2.19. The van der Waals surface area contributed by atoms with E-state index in [1.54, 1.807) is 0 Å². The Morgan fingerprint density at radius 1 is 1.62 bits per heavy atom. The van der Waals surface area contributed by atoms with Crippen molar-refractivity contribution in [2.45, 2.75) is 32.0 Å². The highest BCUT2D eigenvalue weighted by atomic mass is 16.3. The molecule has 1 fully saturated rings. The van der Waals surface area contributed by atoms with Gasteiger partial charge >= 0.3 is 0 Å². The fourth-order valence-corrected chi connectivity index (χ4v) is 1.70. The number of hydrogen-bond donors (Lipinski definition) is 1. The molecule has 1 aromatic heterocycles. The third kappa shape index (κ3) is 3.51. The minimum absolute atomic E-state index is 0.752. The second kappa shape index (κ2) is 5.32. The summed E-state index contributed by atoms with van der Waals surface area (Å²) in [4.78, 5) is 2.17. The topological polar surface area (TPSA) is 28.4 Å². The van der Waals surface area contributed by atoms with E-state index in [1.807, 2.05) is 12.3 Å². The lowest BCUT2D eigenvalue weighted by atomic mass is 10.3. The molecule has 1 aliphatic rings. The van der Waals surface area contributed by atoms with Crippen LogP contribution < -0.4 is 5.32 Å². The lowest BCUT2D eigenvalue weighted by Gasteiger charge is -2.11. The summed E-state index contributed by atoms with van der Waals surface area (Å²) in [5.41, 5.74) is 1.24. The fourth-order valence-electron chi connectivity index (χ4n) is 1.70. The van der Waals surface area contributed by atoms with Gasteiger partial charge in [0.05, 0.1) is 12.8 Å². The van der Waals surface area contributed by atoms with E-state index in [4.69, 9.17) is 4.42 Å². The summed E-state index contributed by atoms with van der Waals surface area (Å²) in [7, 11) is 2.06. The molecule has 88 valence electrons. The lowest BCUT2D eigenvalue weighted by molar-refractivity contribution is 0.322. The Bertz CT molecular complexity index is 341. The maximum Gasteiger partial charge on any atom is 0.118 e. The van der Waals surface area contributed by atoms with Gasteiger partial charge in [0.1, 0.15) is 5.76 Å². The predicted molar refractivity (Wildman–Crippen MR) is 65.1 cm³/mol. The van der Waals surface area contributed by atoms with Gasteiger partial charge < -0.3 is 9.73 Å². The van der Waals surface area contributed by atoms with Crippen molar-refractivity contribution in [1.82, 2.24) is 10.2 Å². The zero-order chi connectivity index (χ0) is 11.4. The van der Waals surface area contributed by atoms with Crippen molar-refractivity contribution in [3.05, 3.63) is 36.3 Å². The minimum atomic E-state index is 0.752. The first-order valence-electron chi connectivity index (χ1n) is 5.87. The van der Waals surface area contributed by atoms with Gasteiger partial charge in [-0.3, -0.25) is 4.90 Å². The largest absolute Gasteiger partial charge is 0.468 e. The molecular weight excluding hydrogens is 200 g/mol. The van der Waals surface area contributed by atoms with Gasteiger partial charge in [-0.2, -0.15) is 0 Å². The number of nitrogens with zero attached hydrogens (tertiary/aromatic N) is 1. The molecule has 0 bridgehead atoms. The lowest BCUT2D eigenvalue weighted by Crippen LogP contribution is -2.17. The van der Waals surface area contributed by atoms with E-state index in [1.165, 1.54) is 18.4 Å². The third-order valence-corrected chi connectivity index (χ3v) is 2.75. The van der Waals surface area contributed by atoms with Gasteiger partial charge in [-0.1, -0.05) is 6.08 Å². The smallest absolute Gasteiger partial charge is 0.118 e. The van der Waals surface area contributed by atoms with E-state index in [2.05, 4.69) is 29.9 Å². The predicted octanol–water partition coefficient (Wildman–Crippen LogP) is 2.15. The molecule has 0 unspecified atom stereocenters. The molecule has 0 spiro atoms. The van der Waals surface area contributed by atoms with Gasteiger partial charge in [0.2, 0.25) is 0 Å². The molecule has 0 amide bonds. The van der Waals surface area contributed by atoms with Crippen LogP contribution in [-0.2, 0) is 13.1 Å². The van der Waals surface area contributed by atoms with Crippen molar-refractivity contribution in [3.63, 3.8) is 0 Å². The molecular formula is C13H20N2O. The zero-order valence-electron chi connectivity index (χ0n) is 9.91. The number of rotatable bonds is 7. The number of hydrogen-bond acceptors (Lipinski definition) is 3. The SMILES string of the molecule is C=CCN(C)Cc1cc(CNC2CC2)co1. The molecule has 3 heteroatoms. The molecule has 1 aromatic rings. The van der Waals surface area contributed by atoms with Crippen LogP contribution in [-0.4, -0.2) is 24.5 Å². The van der Waals surface area contributed by atoms with Gasteiger partial charge in [0.15, 0.2) is 0 Å². The summed E-state index contributed by atoms with van der Waals surface area (Å²) in [6.07, 6.45) is 6.41. The summed E-state index contributed by atoms with van der Waals surface area (Å²) < 4.78 is 5.52. The minimum Gasteiger partial charge on any atom is -0.468 e. The maximum atomic E-state index is 5.52. The normalized spacial score (nSPS) is 15.6. The van der Waals surface area contributed by atoms with Crippen molar-refractivity contribution in [3.8, 4) is 0 Å². The molecule has 3 nitrogen and oxygen atoms in total. The number of nitrogens with one attached hydrogen (secondary N) is 1. The Labute approximate surface area is 97.1 Å². The summed E-state index contributed by atoms with van der Waals surface area (Å²) in [5, 5.41) is 3.47. The summed E-state index contributed by atoms with van der Waals surface area (Å²) in [5.74, 6) is 1.02. The van der Waals surface area contributed by atoms with Crippen LogP contribution in [0.15, 0.2) is 29.4 Å². The van der Waals surface area contributed by atoms with Crippen LogP contribution in [0, 0.1) is 0 Å². The first-order valence-corrected chi connectivity index (χ1v) is 5.87. The molecule has 0 aromatic carbocycles. The second-order valence-corrected chi connectivity index (χ2v) is 4.56.